The van der Waals surface area contributed by atoms with Crippen LogP contribution in [0.2, 0.25) is 0 Å². The van der Waals surface area contributed by atoms with Gasteiger partial charge in [-0.3, -0.25) is 4.90 Å². The summed E-state index contributed by atoms with van der Waals surface area (Å²) in [7, 11) is 0. The zero-order chi connectivity index (χ0) is 14.9. The molecular weight excluding hydrogens is 276 g/mol. The van der Waals surface area contributed by atoms with E-state index in [1.165, 1.54) is 58.0 Å². The smallest absolute Gasteiger partial charge is 0.407 e. The van der Waals surface area contributed by atoms with Crippen molar-refractivity contribution in [3.63, 3.8) is 0 Å². The van der Waals surface area contributed by atoms with Crippen LogP contribution in [0.15, 0.2) is 0 Å². The number of hydrogen-bond acceptors (Lipinski definition) is 3. The molecule has 124 valence electrons. The van der Waals surface area contributed by atoms with Gasteiger partial charge in [0.2, 0.25) is 0 Å². The molecule has 0 unspecified atom stereocenters. The van der Waals surface area contributed by atoms with Gasteiger partial charge in [0.25, 0.3) is 0 Å². The van der Waals surface area contributed by atoms with Crippen LogP contribution in [0.3, 0.4) is 0 Å². The highest BCUT2D eigenvalue weighted by atomic mass is 16.6. The largest absolute Gasteiger partial charge is 0.446 e. The average Bonchev–Trinajstić information content (AvgIpc) is 2.85. The summed E-state index contributed by atoms with van der Waals surface area (Å²) in [4.78, 5) is 15.0. The van der Waals surface area contributed by atoms with E-state index in [1.807, 2.05) is 0 Å². The van der Waals surface area contributed by atoms with E-state index in [1.54, 1.807) is 0 Å². The van der Waals surface area contributed by atoms with E-state index in [0.29, 0.717) is 18.0 Å². The summed E-state index contributed by atoms with van der Waals surface area (Å²) in [6.45, 7) is 2.50. The Kier molecular flexibility index (Phi) is 4.29. The van der Waals surface area contributed by atoms with Gasteiger partial charge in [-0.15, -0.1) is 0 Å². The highest BCUT2D eigenvalue weighted by Gasteiger charge is 2.48. The van der Waals surface area contributed by atoms with E-state index in [0.717, 1.165) is 25.2 Å². The second kappa shape index (κ2) is 6.38. The molecule has 2 aliphatic heterocycles. The van der Waals surface area contributed by atoms with Gasteiger partial charge in [-0.1, -0.05) is 25.7 Å². The van der Waals surface area contributed by atoms with Crippen LogP contribution in [-0.4, -0.2) is 42.3 Å². The zero-order valence-electron chi connectivity index (χ0n) is 13.6. The van der Waals surface area contributed by atoms with Gasteiger partial charge in [0.15, 0.2) is 0 Å². The minimum atomic E-state index is -0.146. The van der Waals surface area contributed by atoms with Crippen LogP contribution >= 0.6 is 0 Å². The summed E-state index contributed by atoms with van der Waals surface area (Å²) in [6, 6.07) is 1.04. The Morgan fingerprint density at radius 2 is 1.82 bits per heavy atom. The van der Waals surface area contributed by atoms with Crippen LogP contribution in [-0.2, 0) is 4.74 Å². The van der Waals surface area contributed by atoms with E-state index in [2.05, 4.69) is 10.2 Å². The number of rotatable bonds is 2. The van der Waals surface area contributed by atoms with Crippen molar-refractivity contribution in [2.24, 2.45) is 11.8 Å². The Bertz CT molecular complexity index is 408. The number of piperidine rings is 2. The Labute approximate surface area is 134 Å². The van der Waals surface area contributed by atoms with Crippen LogP contribution < -0.4 is 5.32 Å². The molecule has 2 heterocycles. The number of fused-ring (bicyclic) bond motifs is 4. The van der Waals surface area contributed by atoms with Crippen LogP contribution in [0.1, 0.15) is 64.2 Å². The van der Waals surface area contributed by atoms with E-state index < -0.39 is 0 Å². The van der Waals surface area contributed by atoms with Gasteiger partial charge in [0.1, 0.15) is 6.10 Å². The number of alkyl carbamates (subject to hydrolysis) is 1. The first-order valence-corrected chi connectivity index (χ1v) is 9.51. The fourth-order valence-corrected chi connectivity index (χ4v) is 5.47. The van der Waals surface area contributed by atoms with Crippen LogP contribution in [0, 0.1) is 11.8 Å². The van der Waals surface area contributed by atoms with Crippen molar-refractivity contribution in [3.8, 4) is 0 Å². The molecule has 4 fully saturated rings. The lowest BCUT2D eigenvalue weighted by Crippen LogP contribution is -2.50. The molecule has 4 heteroatoms. The fraction of sp³-hybridized carbons (Fsp3) is 0.944. The third-order valence-electron chi connectivity index (χ3n) is 6.49. The Balaban J connectivity index is 1.33. The minimum absolute atomic E-state index is 0.146. The molecule has 0 spiro atoms. The SMILES string of the molecule is O=C(NC1CCCCC1)O[C@@H]1C[C@H]2C[C@@H]1[C@H]1CCCCN1C2. The molecule has 2 saturated carbocycles. The molecule has 2 saturated heterocycles. The molecule has 22 heavy (non-hydrogen) atoms. The number of carbonyl (C=O) groups excluding carboxylic acids is 1. The highest BCUT2D eigenvalue weighted by molar-refractivity contribution is 5.67. The van der Waals surface area contributed by atoms with Gasteiger partial charge >= 0.3 is 6.09 Å². The molecule has 4 rings (SSSR count). The summed E-state index contributed by atoms with van der Waals surface area (Å²) < 4.78 is 5.90. The maximum Gasteiger partial charge on any atom is 0.407 e. The Morgan fingerprint density at radius 3 is 2.68 bits per heavy atom. The predicted octanol–water partition coefficient (Wildman–Crippen LogP) is 3.31. The molecular formula is C18H30N2O2. The standard InChI is InChI=1S/C18H30N2O2/c21-18(19-14-6-2-1-3-7-14)22-17-11-13-10-15(17)16-8-4-5-9-20(16)12-13/h13-17H,1-12H2,(H,19,21)/t13-,15-,16-,17-/m1/s1. The van der Waals surface area contributed by atoms with Crippen molar-refractivity contribution in [2.45, 2.75) is 82.4 Å². The lowest BCUT2D eigenvalue weighted by Gasteiger charge is -2.43. The van der Waals surface area contributed by atoms with Crippen molar-refractivity contribution in [1.29, 1.82) is 0 Å². The summed E-state index contributed by atoms with van der Waals surface area (Å²) in [5.41, 5.74) is 0. The zero-order valence-corrected chi connectivity index (χ0v) is 13.6. The molecule has 0 aromatic rings. The maximum absolute atomic E-state index is 12.3. The van der Waals surface area contributed by atoms with E-state index in [4.69, 9.17) is 4.74 Å². The number of ether oxygens (including phenoxy) is 1. The quantitative estimate of drug-likeness (QED) is 0.851. The van der Waals surface area contributed by atoms with Gasteiger partial charge < -0.3 is 10.1 Å². The molecule has 1 N–H and O–H groups in total. The first-order valence-electron chi connectivity index (χ1n) is 9.51. The minimum Gasteiger partial charge on any atom is -0.446 e. The Morgan fingerprint density at radius 1 is 1.00 bits per heavy atom. The van der Waals surface area contributed by atoms with Gasteiger partial charge in [0, 0.05) is 24.5 Å². The molecule has 2 bridgehead atoms. The number of carbonyl (C=O) groups is 1. The number of hydrogen-bond donors (Lipinski definition) is 1. The van der Waals surface area contributed by atoms with Crippen LogP contribution in [0.25, 0.3) is 0 Å². The first kappa shape index (κ1) is 14.8. The number of amides is 1. The monoisotopic (exact) mass is 306 g/mol. The van der Waals surface area contributed by atoms with E-state index in [9.17, 15) is 4.79 Å². The summed E-state index contributed by atoms with van der Waals surface area (Å²) >= 11 is 0. The topological polar surface area (TPSA) is 41.6 Å². The molecule has 0 radical (unpaired) electrons. The summed E-state index contributed by atoms with van der Waals surface area (Å²) in [6.07, 6.45) is 12.5. The van der Waals surface area contributed by atoms with Crippen molar-refractivity contribution in [1.82, 2.24) is 10.2 Å². The number of nitrogens with one attached hydrogen (secondary N) is 1. The second-order valence-electron chi connectivity index (χ2n) is 7.98. The van der Waals surface area contributed by atoms with Crippen molar-refractivity contribution in [3.05, 3.63) is 0 Å². The van der Waals surface area contributed by atoms with Crippen LogP contribution in [0.5, 0.6) is 0 Å². The average molecular weight is 306 g/mol. The van der Waals surface area contributed by atoms with Crippen molar-refractivity contribution in [2.75, 3.05) is 13.1 Å². The highest BCUT2D eigenvalue weighted by Crippen LogP contribution is 2.45. The van der Waals surface area contributed by atoms with Gasteiger partial charge in [-0.2, -0.15) is 0 Å². The third kappa shape index (κ3) is 2.99. The van der Waals surface area contributed by atoms with Gasteiger partial charge in [0.05, 0.1) is 0 Å². The molecule has 2 aliphatic carbocycles. The molecule has 4 atom stereocenters. The van der Waals surface area contributed by atoms with E-state index in [-0.39, 0.29) is 12.2 Å². The molecule has 0 aromatic carbocycles. The second-order valence-corrected chi connectivity index (χ2v) is 7.98. The molecule has 1 amide bonds. The van der Waals surface area contributed by atoms with Crippen LogP contribution in [0.4, 0.5) is 4.79 Å². The first-order chi connectivity index (χ1) is 10.8. The van der Waals surface area contributed by atoms with Crippen molar-refractivity contribution < 1.29 is 9.53 Å². The summed E-state index contributed by atoms with van der Waals surface area (Å²) in [5, 5.41) is 3.12. The van der Waals surface area contributed by atoms with Crippen molar-refractivity contribution >= 4 is 6.09 Å². The van der Waals surface area contributed by atoms with Gasteiger partial charge in [-0.05, 0) is 51.0 Å². The normalized spacial score (nSPS) is 39.3. The molecule has 4 aliphatic rings. The van der Waals surface area contributed by atoms with E-state index >= 15 is 0 Å². The molecule has 4 nitrogen and oxygen atoms in total. The molecule has 0 aromatic heterocycles. The third-order valence-corrected chi connectivity index (χ3v) is 6.49. The predicted molar refractivity (Wildman–Crippen MR) is 85.7 cm³/mol. The lowest BCUT2D eigenvalue weighted by atomic mass is 9.84. The lowest BCUT2D eigenvalue weighted by molar-refractivity contribution is 0.0136. The fourth-order valence-electron chi connectivity index (χ4n) is 5.47. The maximum atomic E-state index is 12.3. The number of nitrogens with zero attached hydrogens (tertiary/aromatic N) is 1. The Hall–Kier alpha value is -0.770. The van der Waals surface area contributed by atoms with Gasteiger partial charge in [-0.25, -0.2) is 4.79 Å². The summed E-state index contributed by atoms with van der Waals surface area (Å²) in [5.74, 6) is 1.35.